The molecular formula is C19H32O3S. The Bertz CT molecular complexity index is 411. The molecule has 0 aliphatic rings. The van der Waals surface area contributed by atoms with Gasteiger partial charge in [0, 0.05) is 4.90 Å². The highest BCUT2D eigenvalue weighted by Gasteiger charge is 2.12. The third-order valence-electron chi connectivity index (χ3n) is 4.30. The van der Waals surface area contributed by atoms with Gasteiger partial charge in [-0.05, 0) is 29.9 Å². The summed E-state index contributed by atoms with van der Waals surface area (Å²) in [7, 11) is 1.43. The molecule has 3 nitrogen and oxygen atoms in total. The summed E-state index contributed by atoms with van der Waals surface area (Å²) in [5.41, 5.74) is 1.32. The SMILES string of the molecule is CCCCC(C)CCCCC(C)c1ccccc1SOOOC. The largest absolute Gasteiger partial charge is 0.209 e. The zero-order chi connectivity index (χ0) is 16.9. The van der Waals surface area contributed by atoms with Crippen molar-refractivity contribution in [1.29, 1.82) is 0 Å². The highest BCUT2D eigenvalue weighted by Crippen LogP contribution is 2.32. The average molecular weight is 341 g/mol. The normalized spacial score (nSPS) is 13.9. The number of hydrogen-bond acceptors (Lipinski definition) is 4. The lowest BCUT2D eigenvalue weighted by Gasteiger charge is -2.16. The van der Waals surface area contributed by atoms with Gasteiger partial charge in [-0.3, -0.25) is 0 Å². The van der Waals surface area contributed by atoms with E-state index in [9.17, 15) is 0 Å². The maximum Gasteiger partial charge on any atom is 0.0744 e. The van der Waals surface area contributed by atoms with Gasteiger partial charge in [-0.25, -0.2) is 4.89 Å². The Morgan fingerprint density at radius 2 is 1.70 bits per heavy atom. The van der Waals surface area contributed by atoms with E-state index >= 15 is 0 Å². The molecule has 0 aliphatic heterocycles. The summed E-state index contributed by atoms with van der Waals surface area (Å²) in [6, 6.07) is 8.33. The first-order valence-electron chi connectivity index (χ1n) is 8.81. The van der Waals surface area contributed by atoms with Crippen LogP contribution >= 0.6 is 12.0 Å². The third-order valence-corrected chi connectivity index (χ3v) is 4.98. The van der Waals surface area contributed by atoms with Crippen LogP contribution in [0.5, 0.6) is 0 Å². The van der Waals surface area contributed by atoms with Gasteiger partial charge in [0.25, 0.3) is 0 Å². The number of unbranched alkanes of at least 4 members (excludes halogenated alkanes) is 2. The Morgan fingerprint density at radius 1 is 1.00 bits per heavy atom. The second kappa shape index (κ2) is 12.8. The lowest BCUT2D eigenvalue weighted by molar-refractivity contribution is -0.447. The lowest BCUT2D eigenvalue weighted by atomic mass is 9.92. The van der Waals surface area contributed by atoms with Crippen molar-refractivity contribution < 1.29 is 14.3 Å². The zero-order valence-corrected chi connectivity index (χ0v) is 15.9. The highest BCUT2D eigenvalue weighted by atomic mass is 32.2. The van der Waals surface area contributed by atoms with Crippen LogP contribution in [0, 0.1) is 5.92 Å². The van der Waals surface area contributed by atoms with Crippen molar-refractivity contribution in [2.24, 2.45) is 5.92 Å². The van der Waals surface area contributed by atoms with Crippen molar-refractivity contribution in [2.45, 2.75) is 76.5 Å². The van der Waals surface area contributed by atoms with Crippen LogP contribution in [0.3, 0.4) is 0 Å². The summed E-state index contributed by atoms with van der Waals surface area (Å²) >= 11 is 1.21. The standard InChI is InChI=1S/C19H32O3S/c1-5-6-11-16(2)12-7-8-13-17(3)18-14-9-10-15-19(18)23-22-21-20-4/h9-10,14-17H,5-8,11-13H2,1-4H3. The van der Waals surface area contributed by atoms with Crippen LogP contribution in [0.2, 0.25) is 0 Å². The average Bonchev–Trinajstić information content (AvgIpc) is 2.57. The van der Waals surface area contributed by atoms with E-state index in [2.05, 4.69) is 48.9 Å². The summed E-state index contributed by atoms with van der Waals surface area (Å²) in [6.07, 6.45) is 9.23. The van der Waals surface area contributed by atoms with Crippen LogP contribution in [0.4, 0.5) is 0 Å². The van der Waals surface area contributed by atoms with Gasteiger partial charge in [0.2, 0.25) is 0 Å². The summed E-state index contributed by atoms with van der Waals surface area (Å²) in [5, 5.41) is 4.49. The van der Waals surface area contributed by atoms with Crippen LogP contribution in [0.15, 0.2) is 29.2 Å². The van der Waals surface area contributed by atoms with Crippen LogP contribution in [0.1, 0.15) is 77.2 Å². The van der Waals surface area contributed by atoms with E-state index in [0.717, 1.165) is 10.8 Å². The van der Waals surface area contributed by atoms with Gasteiger partial charge in [0.05, 0.1) is 19.2 Å². The van der Waals surface area contributed by atoms with E-state index in [1.807, 2.05) is 6.07 Å². The molecule has 1 aromatic rings. The molecule has 0 fully saturated rings. The maximum atomic E-state index is 4.95. The van der Waals surface area contributed by atoms with E-state index in [0.29, 0.717) is 5.92 Å². The van der Waals surface area contributed by atoms with E-state index in [4.69, 9.17) is 4.33 Å². The van der Waals surface area contributed by atoms with Gasteiger partial charge in [0.15, 0.2) is 0 Å². The van der Waals surface area contributed by atoms with E-state index in [1.165, 1.54) is 69.7 Å². The fourth-order valence-corrected chi connectivity index (χ4v) is 3.49. The van der Waals surface area contributed by atoms with Crippen molar-refractivity contribution in [2.75, 3.05) is 7.11 Å². The molecule has 0 N–H and O–H groups in total. The first-order chi connectivity index (χ1) is 11.2. The predicted molar refractivity (Wildman–Crippen MR) is 97.1 cm³/mol. The fraction of sp³-hybridized carbons (Fsp3) is 0.684. The molecule has 0 aliphatic carbocycles. The second-order valence-corrected chi connectivity index (χ2v) is 7.10. The number of rotatable bonds is 13. The van der Waals surface area contributed by atoms with E-state index in [1.54, 1.807) is 0 Å². The Morgan fingerprint density at radius 3 is 2.43 bits per heavy atom. The molecular weight excluding hydrogens is 308 g/mol. The Balaban J connectivity index is 2.35. The van der Waals surface area contributed by atoms with Crippen LogP contribution < -0.4 is 0 Å². The number of hydrogen-bond donors (Lipinski definition) is 0. The van der Waals surface area contributed by atoms with Gasteiger partial charge in [-0.15, -0.1) is 4.33 Å². The van der Waals surface area contributed by atoms with Crippen LogP contribution in [0.25, 0.3) is 0 Å². The van der Waals surface area contributed by atoms with Gasteiger partial charge < -0.3 is 0 Å². The van der Waals surface area contributed by atoms with Crippen molar-refractivity contribution >= 4 is 12.0 Å². The molecule has 2 atom stereocenters. The second-order valence-electron chi connectivity index (χ2n) is 6.36. The van der Waals surface area contributed by atoms with Gasteiger partial charge in [0.1, 0.15) is 0 Å². The molecule has 0 spiro atoms. The maximum absolute atomic E-state index is 4.95. The van der Waals surface area contributed by atoms with Gasteiger partial charge in [-0.2, -0.15) is 0 Å². The monoisotopic (exact) mass is 340 g/mol. The van der Waals surface area contributed by atoms with Crippen molar-refractivity contribution in [3.63, 3.8) is 0 Å². The van der Waals surface area contributed by atoms with Crippen LogP contribution in [-0.2, 0) is 14.3 Å². The molecule has 2 unspecified atom stereocenters. The highest BCUT2D eigenvalue weighted by molar-refractivity contribution is 7.94. The van der Waals surface area contributed by atoms with Crippen LogP contribution in [-0.4, -0.2) is 7.11 Å². The molecule has 132 valence electrons. The van der Waals surface area contributed by atoms with Gasteiger partial charge >= 0.3 is 0 Å². The van der Waals surface area contributed by atoms with Crippen molar-refractivity contribution in [3.8, 4) is 0 Å². The van der Waals surface area contributed by atoms with Gasteiger partial charge in [-0.1, -0.05) is 82.5 Å². The van der Waals surface area contributed by atoms with E-state index in [-0.39, 0.29) is 0 Å². The molecule has 0 amide bonds. The first kappa shape index (κ1) is 20.5. The molecule has 1 aromatic carbocycles. The number of benzene rings is 1. The summed E-state index contributed by atoms with van der Waals surface area (Å²) in [4.78, 5) is 5.54. The van der Waals surface area contributed by atoms with Crippen molar-refractivity contribution in [1.82, 2.24) is 0 Å². The summed E-state index contributed by atoms with van der Waals surface area (Å²) in [5.74, 6) is 1.39. The Kier molecular flexibility index (Phi) is 11.4. The quantitative estimate of drug-likeness (QED) is 0.173. The summed E-state index contributed by atoms with van der Waals surface area (Å²) < 4.78 is 4.95. The topological polar surface area (TPSA) is 27.7 Å². The summed E-state index contributed by atoms with van der Waals surface area (Å²) in [6.45, 7) is 6.94. The minimum Gasteiger partial charge on any atom is -0.209 e. The molecule has 0 aromatic heterocycles. The minimum atomic E-state index is 0.524. The third kappa shape index (κ3) is 8.75. The molecule has 1 rings (SSSR count). The zero-order valence-electron chi connectivity index (χ0n) is 15.0. The van der Waals surface area contributed by atoms with Crippen molar-refractivity contribution in [3.05, 3.63) is 29.8 Å². The molecule has 0 radical (unpaired) electrons. The minimum absolute atomic E-state index is 0.524. The predicted octanol–water partition coefficient (Wildman–Crippen LogP) is 6.69. The molecule has 0 saturated carbocycles. The first-order valence-corrected chi connectivity index (χ1v) is 9.56. The fourth-order valence-electron chi connectivity index (χ4n) is 2.84. The lowest BCUT2D eigenvalue weighted by Crippen LogP contribution is -1.99. The molecule has 0 heterocycles. The molecule has 4 heteroatoms. The van der Waals surface area contributed by atoms with E-state index < -0.39 is 0 Å². The smallest absolute Gasteiger partial charge is 0.0744 e. The molecule has 23 heavy (non-hydrogen) atoms. The molecule has 0 saturated heterocycles. The molecule has 0 bridgehead atoms. The Labute approximate surface area is 146 Å². The Hall–Kier alpha value is -0.550.